The van der Waals surface area contributed by atoms with Gasteiger partial charge in [0.1, 0.15) is 5.75 Å². The van der Waals surface area contributed by atoms with Crippen molar-refractivity contribution in [2.45, 2.75) is 63.6 Å². The Bertz CT molecular complexity index is 1040. The van der Waals surface area contributed by atoms with E-state index >= 15 is 0 Å². The second kappa shape index (κ2) is 13.7. The number of methoxy groups -OCH3 is 1. The van der Waals surface area contributed by atoms with Crippen LogP contribution in [0.1, 0.15) is 39.7 Å². The van der Waals surface area contributed by atoms with Gasteiger partial charge < -0.3 is 20.9 Å². The van der Waals surface area contributed by atoms with Crippen LogP contribution >= 0.6 is 0 Å². The normalized spacial score (nSPS) is 15.4. The van der Waals surface area contributed by atoms with Crippen molar-refractivity contribution >= 4 is 15.9 Å². The molecular weight excluding hydrogens is 478 g/mol. The van der Waals surface area contributed by atoms with Crippen molar-refractivity contribution in [3.8, 4) is 5.75 Å². The first-order chi connectivity index (χ1) is 17.0. The quantitative estimate of drug-likeness (QED) is 0.353. The molecule has 0 saturated carbocycles. The molecule has 0 aromatic heterocycles. The summed E-state index contributed by atoms with van der Waals surface area (Å²) in [7, 11) is -2.39. The first-order valence-corrected chi connectivity index (χ1v) is 13.9. The Labute approximate surface area is 215 Å². The van der Waals surface area contributed by atoms with Crippen LogP contribution in [0.4, 0.5) is 0 Å². The summed E-state index contributed by atoms with van der Waals surface area (Å²) in [5.41, 5.74) is 7.05. The van der Waals surface area contributed by atoms with Crippen molar-refractivity contribution in [1.82, 2.24) is 9.62 Å². The summed E-state index contributed by atoms with van der Waals surface area (Å²) in [6.45, 7) is 7.72. The van der Waals surface area contributed by atoms with Crippen molar-refractivity contribution in [2.75, 3.05) is 20.2 Å². The summed E-state index contributed by atoms with van der Waals surface area (Å²) < 4.78 is 33.4. The molecule has 0 aliphatic carbocycles. The van der Waals surface area contributed by atoms with Gasteiger partial charge in [0.15, 0.2) is 0 Å². The number of hydrogen-bond acceptors (Lipinski definition) is 6. The van der Waals surface area contributed by atoms with Crippen LogP contribution in [-0.4, -0.2) is 62.1 Å². The maximum absolute atomic E-state index is 13.5. The lowest BCUT2D eigenvalue weighted by atomic mass is 9.97. The molecule has 0 radical (unpaired) electrons. The lowest BCUT2D eigenvalue weighted by molar-refractivity contribution is -0.125. The van der Waals surface area contributed by atoms with Crippen molar-refractivity contribution in [2.24, 2.45) is 17.6 Å². The molecule has 0 heterocycles. The summed E-state index contributed by atoms with van der Waals surface area (Å²) in [5.74, 6) is 0.170. The minimum Gasteiger partial charge on any atom is -0.497 e. The molecule has 8 nitrogen and oxygen atoms in total. The topological polar surface area (TPSA) is 122 Å². The van der Waals surface area contributed by atoms with Crippen LogP contribution in [0.15, 0.2) is 59.5 Å². The van der Waals surface area contributed by atoms with E-state index in [1.54, 1.807) is 12.1 Å². The van der Waals surface area contributed by atoms with Crippen LogP contribution in [0.2, 0.25) is 0 Å². The average Bonchev–Trinajstić information content (AvgIpc) is 2.87. The summed E-state index contributed by atoms with van der Waals surface area (Å²) in [6, 6.07) is 14.2. The minimum atomic E-state index is -3.90. The van der Waals surface area contributed by atoms with E-state index in [2.05, 4.69) is 5.32 Å². The second-order valence-corrected chi connectivity index (χ2v) is 11.6. The Morgan fingerprint density at radius 1 is 1.06 bits per heavy atom. The van der Waals surface area contributed by atoms with E-state index in [0.29, 0.717) is 12.2 Å². The molecule has 0 spiro atoms. The van der Waals surface area contributed by atoms with Gasteiger partial charge in [0, 0.05) is 13.1 Å². The number of ether oxygens (including phenoxy) is 1. The first kappa shape index (κ1) is 29.8. The predicted octanol–water partition coefficient (Wildman–Crippen LogP) is 2.80. The molecule has 200 valence electrons. The SMILES string of the molecule is CCC(C)[C@H](N)C(=O)N[C@@H](Cc1ccccc1)C(O)CN(CC(C)C)S(=O)(=O)c1ccc(OC)cc1. The third kappa shape index (κ3) is 8.30. The second-order valence-electron chi connectivity index (χ2n) is 9.67. The fourth-order valence-electron chi connectivity index (χ4n) is 3.85. The molecule has 0 saturated heterocycles. The zero-order valence-corrected chi connectivity index (χ0v) is 22.7. The highest BCUT2D eigenvalue weighted by Gasteiger charge is 2.32. The molecule has 0 bridgehead atoms. The number of nitrogens with one attached hydrogen (secondary N) is 1. The molecule has 2 unspecified atom stereocenters. The van der Waals surface area contributed by atoms with Gasteiger partial charge in [-0.05, 0) is 48.1 Å². The van der Waals surface area contributed by atoms with Gasteiger partial charge >= 0.3 is 0 Å². The smallest absolute Gasteiger partial charge is 0.243 e. The molecule has 4 N–H and O–H groups in total. The lowest BCUT2D eigenvalue weighted by Gasteiger charge is -2.31. The standard InChI is InChI=1S/C27H41N3O5S/c1-6-20(4)26(28)27(32)29-24(16-21-10-8-7-9-11-21)25(31)18-30(17-19(2)3)36(33,34)23-14-12-22(35-5)13-15-23/h7-15,19-20,24-26,31H,6,16-18,28H2,1-5H3,(H,29,32)/t20?,24-,25?,26-/m0/s1. The molecular formula is C27H41N3O5S. The Hall–Kier alpha value is -2.46. The maximum atomic E-state index is 13.5. The Kier molecular flexibility index (Phi) is 11.4. The molecule has 0 aliphatic rings. The Morgan fingerprint density at radius 3 is 2.19 bits per heavy atom. The zero-order valence-electron chi connectivity index (χ0n) is 21.9. The number of rotatable bonds is 14. The van der Waals surface area contributed by atoms with Gasteiger partial charge in [0.25, 0.3) is 0 Å². The van der Waals surface area contributed by atoms with Gasteiger partial charge in [0.05, 0.1) is 30.2 Å². The van der Waals surface area contributed by atoms with Crippen molar-refractivity contribution in [1.29, 1.82) is 0 Å². The van der Waals surface area contributed by atoms with Crippen LogP contribution < -0.4 is 15.8 Å². The third-order valence-electron chi connectivity index (χ3n) is 6.31. The van der Waals surface area contributed by atoms with Gasteiger partial charge in [0.2, 0.25) is 15.9 Å². The number of benzene rings is 2. The van der Waals surface area contributed by atoms with Crippen molar-refractivity contribution in [3.63, 3.8) is 0 Å². The summed E-state index contributed by atoms with van der Waals surface area (Å²) in [5, 5.41) is 14.2. The van der Waals surface area contributed by atoms with E-state index in [1.807, 2.05) is 58.0 Å². The number of carbonyl (C=O) groups excluding carboxylic acids is 1. The highest BCUT2D eigenvalue weighted by atomic mass is 32.2. The largest absolute Gasteiger partial charge is 0.497 e. The predicted molar refractivity (Wildman–Crippen MR) is 142 cm³/mol. The molecule has 2 aromatic rings. The molecule has 9 heteroatoms. The number of carbonyl (C=O) groups is 1. The minimum absolute atomic E-state index is 0.0196. The van der Waals surface area contributed by atoms with E-state index in [4.69, 9.17) is 10.5 Å². The van der Waals surface area contributed by atoms with Crippen LogP contribution in [0, 0.1) is 11.8 Å². The van der Waals surface area contributed by atoms with Gasteiger partial charge in [-0.15, -0.1) is 0 Å². The molecule has 0 aliphatic heterocycles. The van der Waals surface area contributed by atoms with E-state index < -0.39 is 28.2 Å². The summed E-state index contributed by atoms with van der Waals surface area (Å²) >= 11 is 0. The molecule has 36 heavy (non-hydrogen) atoms. The van der Waals surface area contributed by atoms with Gasteiger partial charge in [-0.1, -0.05) is 64.4 Å². The van der Waals surface area contributed by atoms with E-state index in [-0.39, 0.29) is 35.7 Å². The number of aliphatic hydroxyl groups excluding tert-OH is 1. The number of nitrogens with zero attached hydrogens (tertiary/aromatic N) is 1. The van der Waals surface area contributed by atoms with Crippen molar-refractivity contribution in [3.05, 3.63) is 60.2 Å². The number of nitrogens with two attached hydrogens (primary N) is 1. The van der Waals surface area contributed by atoms with Crippen LogP contribution in [0.5, 0.6) is 5.75 Å². The van der Waals surface area contributed by atoms with E-state index in [0.717, 1.165) is 12.0 Å². The van der Waals surface area contributed by atoms with Gasteiger partial charge in [-0.2, -0.15) is 4.31 Å². The Balaban J connectivity index is 2.33. The number of hydrogen-bond donors (Lipinski definition) is 3. The fraction of sp³-hybridized carbons (Fsp3) is 0.519. The van der Waals surface area contributed by atoms with Crippen molar-refractivity contribution < 1.29 is 23.1 Å². The van der Waals surface area contributed by atoms with Crippen LogP contribution in [-0.2, 0) is 21.2 Å². The zero-order chi connectivity index (χ0) is 26.9. The van der Waals surface area contributed by atoms with Gasteiger partial charge in [-0.25, -0.2) is 8.42 Å². The summed E-state index contributed by atoms with van der Waals surface area (Å²) in [4.78, 5) is 13.0. The average molecular weight is 520 g/mol. The molecule has 0 fully saturated rings. The van der Waals surface area contributed by atoms with Gasteiger partial charge in [-0.3, -0.25) is 4.79 Å². The number of amides is 1. The molecule has 2 aromatic carbocycles. The summed E-state index contributed by atoms with van der Waals surface area (Å²) in [6.07, 6.45) is -0.0907. The highest BCUT2D eigenvalue weighted by molar-refractivity contribution is 7.89. The molecule has 1 amide bonds. The van der Waals surface area contributed by atoms with E-state index in [1.165, 1.54) is 23.5 Å². The number of aliphatic hydroxyl groups is 1. The monoisotopic (exact) mass is 519 g/mol. The maximum Gasteiger partial charge on any atom is 0.243 e. The molecule has 4 atom stereocenters. The number of sulfonamides is 1. The third-order valence-corrected chi connectivity index (χ3v) is 8.15. The van der Waals surface area contributed by atoms with Crippen LogP contribution in [0.3, 0.4) is 0 Å². The highest BCUT2D eigenvalue weighted by Crippen LogP contribution is 2.22. The first-order valence-electron chi connectivity index (χ1n) is 12.4. The van der Waals surface area contributed by atoms with Crippen LogP contribution in [0.25, 0.3) is 0 Å². The van der Waals surface area contributed by atoms with E-state index in [9.17, 15) is 18.3 Å². The fourth-order valence-corrected chi connectivity index (χ4v) is 5.47. The Morgan fingerprint density at radius 2 is 1.67 bits per heavy atom. The lowest BCUT2D eigenvalue weighted by Crippen LogP contribution is -2.55. The molecule has 2 rings (SSSR count).